The van der Waals surface area contributed by atoms with E-state index in [1.54, 1.807) is 12.1 Å². The molecule has 2 rings (SSSR count). The zero-order valence-corrected chi connectivity index (χ0v) is 6.76. The highest BCUT2D eigenvalue weighted by molar-refractivity contribution is 7.93. The van der Waals surface area contributed by atoms with Crippen molar-refractivity contribution in [1.82, 2.24) is 0 Å². The van der Waals surface area contributed by atoms with Crippen LogP contribution in [0.25, 0.3) is 0 Å². The molecule has 0 amide bonds. The summed E-state index contributed by atoms with van der Waals surface area (Å²) < 4.78 is 24.1. The molecular weight excluding hydrogens is 162 g/mol. The molecule has 0 saturated heterocycles. The molecule has 1 N–H and O–H groups in total. The number of hydrogen-bond acceptors (Lipinski definition) is 3. The summed E-state index contributed by atoms with van der Waals surface area (Å²) in [7, 11) is -2.59. The van der Waals surface area contributed by atoms with E-state index in [1.807, 2.05) is 0 Å². The number of hydrogen-bond donors (Lipinski definition) is 1. The summed E-state index contributed by atoms with van der Waals surface area (Å²) in [6.45, 7) is 0. The Balaban J connectivity index is 2.42. The molecule has 1 aromatic rings. The second kappa shape index (κ2) is 2.11. The fraction of sp³-hybridized carbons (Fsp3) is 0.429. The molecule has 1 aliphatic rings. The first-order valence-corrected chi connectivity index (χ1v) is 5.14. The smallest absolute Gasteiger partial charge is 0.198 e. The van der Waals surface area contributed by atoms with Gasteiger partial charge in [0, 0.05) is 0 Å². The molecule has 0 aromatic carbocycles. The monoisotopic (exact) mass is 171 g/mol. The molecule has 1 heterocycles. The lowest BCUT2D eigenvalue weighted by molar-refractivity contribution is 0.462. The van der Waals surface area contributed by atoms with E-state index < -0.39 is 9.73 Å². The third-order valence-electron chi connectivity index (χ3n) is 1.79. The van der Waals surface area contributed by atoms with Crippen LogP contribution in [0.2, 0.25) is 0 Å². The highest BCUT2D eigenvalue weighted by Gasteiger charge is 2.35. The fourth-order valence-electron chi connectivity index (χ4n) is 1.00. The highest BCUT2D eigenvalue weighted by atomic mass is 32.2. The normalized spacial score (nSPS) is 22.9. The Kier molecular flexibility index (Phi) is 1.32. The van der Waals surface area contributed by atoms with Gasteiger partial charge in [-0.05, 0) is 25.0 Å². The highest BCUT2D eigenvalue weighted by Crippen LogP contribution is 2.33. The molecule has 1 atom stereocenters. The molecule has 1 aliphatic carbocycles. The summed E-state index contributed by atoms with van der Waals surface area (Å²) in [6, 6.07) is 3.29. The van der Waals surface area contributed by atoms with Gasteiger partial charge in [-0.25, -0.2) is 8.99 Å². The average Bonchev–Trinajstić information content (AvgIpc) is 2.66. The van der Waals surface area contributed by atoms with Gasteiger partial charge in [-0.3, -0.25) is 0 Å². The molecule has 1 saturated carbocycles. The van der Waals surface area contributed by atoms with Crippen molar-refractivity contribution in [3.63, 3.8) is 0 Å². The van der Waals surface area contributed by atoms with Crippen molar-refractivity contribution in [3.05, 3.63) is 18.4 Å². The van der Waals surface area contributed by atoms with Crippen LogP contribution in [-0.4, -0.2) is 9.46 Å². The maximum atomic E-state index is 11.6. The van der Waals surface area contributed by atoms with Gasteiger partial charge in [0.2, 0.25) is 0 Å². The van der Waals surface area contributed by atoms with Gasteiger partial charge in [0.15, 0.2) is 5.09 Å². The molecule has 1 aromatic heterocycles. The van der Waals surface area contributed by atoms with E-state index in [4.69, 9.17) is 9.20 Å². The molecule has 1 unspecified atom stereocenters. The number of rotatable bonds is 2. The quantitative estimate of drug-likeness (QED) is 0.738. The third-order valence-corrected chi connectivity index (χ3v) is 4.03. The van der Waals surface area contributed by atoms with Crippen molar-refractivity contribution >= 4 is 9.73 Å². The molecule has 1 fully saturated rings. The first-order chi connectivity index (χ1) is 5.21. The minimum atomic E-state index is -2.59. The summed E-state index contributed by atoms with van der Waals surface area (Å²) in [6.07, 6.45) is 3.28. The predicted octanol–water partition coefficient (Wildman–Crippen LogP) is 1.85. The maximum Gasteiger partial charge on any atom is 0.198 e. The van der Waals surface area contributed by atoms with Crippen LogP contribution in [0.1, 0.15) is 12.8 Å². The molecule has 60 valence electrons. The third kappa shape index (κ3) is 1.07. The Labute approximate surface area is 65.4 Å². The summed E-state index contributed by atoms with van der Waals surface area (Å²) in [5.74, 6) is 0. The maximum absolute atomic E-state index is 11.6. The van der Waals surface area contributed by atoms with E-state index in [0.717, 1.165) is 12.8 Å². The summed E-state index contributed by atoms with van der Waals surface area (Å²) in [5.41, 5.74) is 0. The van der Waals surface area contributed by atoms with E-state index >= 15 is 0 Å². The SMILES string of the molecule is N=S(=O)(c1ccco1)C1CC1. The van der Waals surface area contributed by atoms with Crippen molar-refractivity contribution < 1.29 is 8.63 Å². The van der Waals surface area contributed by atoms with Crippen LogP contribution in [-0.2, 0) is 9.73 Å². The van der Waals surface area contributed by atoms with Crippen molar-refractivity contribution in [2.75, 3.05) is 0 Å². The molecule has 0 bridgehead atoms. The van der Waals surface area contributed by atoms with Gasteiger partial charge in [0.1, 0.15) is 9.73 Å². The van der Waals surface area contributed by atoms with Crippen molar-refractivity contribution in [2.24, 2.45) is 0 Å². The van der Waals surface area contributed by atoms with Crippen molar-refractivity contribution in [1.29, 1.82) is 4.78 Å². The minimum absolute atomic E-state index is 0.0497. The van der Waals surface area contributed by atoms with Crippen LogP contribution in [0.4, 0.5) is 0 Å². The summed E-state index contributed by atoms with van der Waals surface area (Å²) in [5, 5.41) is 0.383. The van der Waals surface area contributed by atoms with E-state index in [-0.39, 0.29) is 5.25 Å². The zero-order valence-electron chi connectivity index (χ0n) is 5.95. The molecule has 4 heteroatoms. The van der Waals surface area contributed by atoms with Gasteiger partial charge in [0.05, 0.1) is 11.5 Å². The van der Waals surface area contributed by atoms with Gasteiger partial charge in [0.25, 0.3) is 0 Å². The Hall–Kier alpha value is -0.770. The van der Waals surface area contributed by atoms with E-state index in [9.17, 15) is 4.21 Å². The first kappa shape index (κ1) is 6.91. The van der Waals surface area contributed by atoms with Crippen LogP contribution in [0.5, 0.6) is 0 Å². The standard InChI is InChI=1S/C7H9NO2S/c8-11(9,6-3-4-6)7-2-1-5-10-7/h1-2,5-6,8H,3-4H2. The zero-order chi connectivity index (χ0) is 7.90. The van der Waals surface area contributed by atoms with Gasteiger partial charge >= 0.3 is 0 Å². The predicted molar refractivity (Wildman–Crippen MR) is 40.9 cm³/mol. The molecular formula is C7H9NO2S. The largest absolute Gasteiger partial charge is 0.455 e. The number of nitrogens with one attached hydrogen (secondary N) is 1. The Morgan fingerprint density at radius 3 is 2.82 bits per heavy atom. The molecule has 0 spiro atoms. The lowest BCUT2D eigenvalue weighted by atomic mass is 10.7. The van der Waals surface area contributed by atoms with Crippen LogP contribution in [0, 0.1) is 4.78 Å². The molecule has 0 aliphatic heterocycles. The Morgan fingerprint density at radius 1 is 1.64 bits per heavy atom. The lowest BCUT2D eigenvalue weighted by Gasteiger charge is -1.98. The summed E-state index contributed by atoms with van der Waals surface area (Å²) in [4.78, 5) is 0. The number of furan rings is 1. The second-order valence-corrected chi connectivity index (χ2v) is 5.00. The van der Waals surface area contributed by atoms with Crippen LogP contribution >= 0.6 is 0 Å². The van der Waals surface area contributed by atoms with E-state index in [2.05, 4.69) is 0 Å². The summed E-state index contributed by atoms with van der Waals surface area (Å²) >= 11 is 0. The van der Waals surface area contributed by atoms with Gasteiger partial charge < -0.3 is 4.42 Å². The van der Waals surface area contributed by atoms with E-state index in [1.165, 1.54) is 6.26 Å². The van der Waals surface area contributed by atoms with Crippen molar-refractivity contribution in [3.8, 4) is 0 Å². The fourth-order valence-corrected chi connectivity index (χ4v) is 2.61. The lowest BCUT2D eigenvalue weighted by Crippen LogP contribution is -2.02. The van der Waals surface area contributed by atoms with Gasteiger partial charge in [-0.1, -0.05) is 0 Å². The van der Waals surface area contributed by atoms with E-state index in [0.29, 0.717) is 5.09 Å². The van der Waals surface area contributed by atoms with Crippen LogP contribution in [0.3, 0.4) is 0 Å². The first-order valence-electron chi connectivity index (χ1n) is 3.52. The molecule has 0 radical (unpaired) electrons. The minimum Gasteiger partial charge on any atom is -0.455 e. The topological polar surface area (TPSA) is 54.1 Å². The van der Waals surface area contributed by atoms with Gasteiger partial charge in [-0.2, -0.15) is 0 Å². The van der Waals surface area contributed by atoms with Crippen LogP contribution in [0.15, 0.2) is 27.9 Å². The van der Waals surface area contributed by atoms with Crippen LogP contribution < -0.4 is 0 Å². The van der Waals surface area contributed by atoms with Gasteiger partial charge in [-0.15, -0.1) is 0 Å². The molecule has 11 heavy (non-hydrogen) atoms. The Bertz CT molecular complexity index is 335. The average molecular weight is 171 g/mol. The second-order valence-electron chi connectivity index (χ2n) is 2.73. The Morgan fingerprint density at radius 2 is 2.36 bits per heavy atom. The van der Waals surface area contributed by atoms with Crippen molar-refractivity contribution in [2.45, 2.75) is 23.2 Å². The molecule has 3 nitrogen and oxygen atoms in total.